The number of hydrogen-bond donors (Lipinski definition) is 1. The summed E-state index contributed by atoms with van der Waals surface area (Å²) in [7, 11) is 0. The number of carbonyl (C=O) groups excluding carboxylic acids is 2. The number of rotatable bonds is 4. The molecule has 7 nitrogen and oxygen atoms in total. The summed E-state index contributed by atoms with van der Waals surface area (Å²) in [6.07, 6.45) is 6.78. The molecule has 6 rings (SSSR count). The van der Waals surface area contributed by atoms with Gasteiger partial charge in [0.1, 0.15) is 5.65 Å². The lowest BCUT2D eigenvalue weighted by Crippen LogP contribution is -2.40. The standard InChI is InChI=1S/C28H26N4O3S/c33-27(32-10-12-35-13-11-32)21-4-1-3-20(15-21)22-16-23-24(18-30-26(23)29-17-22)19-6-8-31(9-7-19)28(34)25-5-2-14-36-25/h1-6,14-18H,7-13H2,(H,29,30). The maximum absolute atomic E-state index is 13.0. The van der Waals surface area contributed by atoms with Crippen molar-refractivity contribution in [1.29, 1.82) is 0 Å². The van der Waals surface area contributed by atoms with Crippen LogP contribution < -0.4 is 0 Å². The molecule has 0 aliphatic carbocycles. The quantitative estimate of drug-likeness (QED) is 0.443. The van der Waals surface area contributed by atoms with Gasteiger partial charge >= 0.3 is 0 Å². The lowest BCUT2D eigenvalue weighted by Gasteiger charge is -2.27. The van der Waals surface area contributed by atoms with Crippen LogP contribution in [0.5, 0.6) is 0 Å². The first-order chi connectivity index (χ1) is 17.7. The first kappa shape index (κ1) is 22.7. The lowest BCUT2D eigenvalue weighted by atomic mass is 9.97. The fourth-order valence-electron chi connectivity index (χ4n) is 4.86. The van der Waals surface area contributed by atoms with Crippen LogP contribution in [-0.2, 0) is 4.74 Å². The molecule has 8 heteroatoms. The Labute approximate surface area is 213 Å². The molecule has 1 saturated heterocycles. The van der Waals surface area contributed by atoms with Gasteiger partial charge in [-0.15, -0.1) is 11.3 Å². The summed E-state index contributed by atoms with van der Waals surface area (Å²) in [6.45, 7) is 3.69. The number of hydrogen-bond acceptors (Lipinski definition) is 5. The minimum atomic E-state index is 0.0329. The van der Waals surface area contributed by atoms with Crippen molar-refractivity contribution >= 4 is 39.8 Å². The largest absolute Gasteiger partial charge is 0.378 e. The zero-order chi connectivity index (χ0) is 24.5. The second-order valence-corrected chi connectivity index (χ2v) is 9.96. The lowest BCUT2D eigenvalue weighted by molar-refractivity contribution is 0.0303. The number of benzene rings is 1. The highest BCUT2D eigenvalue weighted by molar-refractivity contribution is 7.12. The van der Waals surface area contributed by atoms with Gasteiger partial charge in [-0.05, 0) is 47.2 Å². The average molecular weight is 499 g/mol. The fourth-order valence-corrected chi connectivity index (χ4v) is 5.55. The first-order valence-corrected chi connectivity index (χ1v) is 13.0. The third-order valence-electron chi connectivity index (χ3n) is 6.85. The number of nitrogens with zero attached hydrogens (tertiary/aromatic N) is 3. The number of fused-ring (bicyclic) bond motifs is 1. The van der Waals surface area contributed by atoms with Crippen LogP contribution in [-0.4, -0.2) is 71.0 Å². The summed E-state index contributed by atoms with van der Waals surface area (Å²) in [5, 5.41) is 2.98. The molecule has 5 heterocycles. The molecule has 1 fully saturated rings. The van der Waals surface area contributed by atoms with Gasteiger partial charge in [-0.2, -0.15) is 0 Å². The Bertz CT molecular complexity index is 1450. The molecule has 36 heavy (non-hydrogen) atoms. The highest BCUT2D eigenvalue weighted by Crippen LogP contribution is 2.32. The van der Waals surface area contributed by atoms with E-state index in [-0.39, 0.29) is 11.8 Å². The highest BCUT2D eigenvalue weighted by atomic mass is 32.1. The van der Waals surface area contributed by atoms with Gasteiger partial charge in [-0.1, -0.05) is 24.3 Å². The van der Waals surface area contributed by atoms with E-state index in [1.807, 2.05) is 64.0 Å². The van der Waals surface area contributed by atoms with Crippen molar-refractivity contribution < 1.29 is 14.3 Å². The Kier molecular flexibility index (Phi) is 6.13. The van der Waals surface area contributed by atoms with Crippen LogP contribution in [0.15, 0.2) is 66.3 Å². The molecule has 0 unspecified atom stereocenters. The van der Waals surface area contributed by atoms with Crippen molar-refractivity contribution in [3.8, 4) is 11.1 Å². The van der Waals surface area contributed by atoms with E-state index in [0.717, 1.165) is 39.0 Å². The van der Waals surface area contributed by atoms with Crippen LogP contribution in [0.2, 0.25) is 0 Å². The van der Waals surface area contributed by atoms with E-state index >= 15 is 0 Å². The molecule has 182 valence electrons. The summed E-state index contributed by atoms with van der Waals surface area (Å²) in [4.78, 5) is 38.1. The van der Waals surface area contributed by atoms with Crippen LogP contribution in [0.3, 0.4) is 0 Å². The van der Waals surface area contributed by atoms with Crippen LogP contribution in [0.25, 0.3) is 27.7 Å². The van der Waals surface area contributed by atoms with Gasteiger partial charge in [0, 0.05) is 60.6 Å². The molecule has 1 N–H and O–H groups in total. The number of H-pyrrole nitrogens is 1. The van der Waals surface area contributed by atoms with Gasteiger partial charge in [0.2, 0.25) is 0 Å². The summed E-state index contributed by atoms with van der Waals surface area (Å²) in [6, 6.07) is 13.7. The molecule has 2 aliphatic rings. The summed E-state index contributed by atoms with van der Waals surface area (Å²) in [5.74, 6) is 0.125. The van der Waals surface area contributed by atoms with E-state index in [9.17, 15) is 9.59 Å². The number of thiophene rings is 1. The van der Waals surface area contributed by atoms with Crippen molar-refractivity contribution in [2.75, 3.05) is 39.4 Å². The maximum atomic E-state index is 13.0. The normalized spacial score (nSPS) is 16.3. The van der Waals surface area contributed by atoms with E-state index in [4.69, 9.17) is 4.74 Å². The number of aromatic nitrogens is 2. The predicted octanol–water partition coefficient (Wildman–Crippen LogP) is 4.69. The number of morpholine rings is 1. The van der Waals surface area contributed by atoms with Crippen LogP contribution in [0.4, 0.5) is 0 Å². The smallest absolute Gasteiger partial charge is 0.264 e. The molecule has 0 spiro atoms. The predicted molar refractivity (Wildman–Crippen MR) is 141 cm³/mol. The Morgan fingerprint density at radius 1 is 0.972 bits per heavy atom. The second-order valence-electron chi connectivity index (χ2n) is 9.02. The van der Waals surface area contributed by atoms with Crippen LogP contribution >= 0.6 is 11.3 Å². The molecule has 4 aromatic rings. The third kappa shape index (κ3) is 4.34. The summed E-state index contributed by atoms with van der Waals surface area (Å²) in [5.41, 5.74) is 5.75. The Balaban J connectivity index is 1.26. The van der Waals surface area contributed by atoms with Crippen LogP contribution in [0, 0.1) is 0 Å². The minimum absolute atomic E-state index is 0.0329. The Morgan fingerprint density at radius 3 is 2.64 bits per heavy atom. The number of nitrogens with one attached hydrogen (secondary N) is 1. The number of amides is 2. The monoisotopic (exact) mass is 498 g/mol. The van der Waals surface area contributed by atoms with Crippen molar-refractivity contribution in [3.05, 3.63) is 82.3 Å². The van der Waals surface area contributed by atoms with E-state index in [2.05, 4.69) is 22.1 Å². The number of aromatic amines is 1. The molecule has 0 atom stereocenters. The number of pyridine rings is 1. The van der Waals surface area contributed by atoms with Crippen molar-refractivity contribution in [3.63, 3.8) is 0 Å². The van der Waals surface area contributed by atoms with Crippen molar-refractivity contribution in [2.45, 2.75) is 6.42 Å². The maximum Gasteiger partial charge on any atom is 0.264 e. The van der Waals surface area contributed by atoms with Gasteiger partial charge in [0.25, 0.3) is 11.8 Å². The van der Waals surface area contributed by atoms with Crippen molar-refractivity contribution in [1.82, 2.24) is 19.8 Å². The zero-order valence-corrected chi connectivity index (χ0v) is 20.6. The second kappa shape index (κ2) is 9.72. The molecule has 2 aliphatic heterocycles. The third-order valence-corrected chi connectivity index (χ3v) is 7.70. The van der Waals surface area contributed by atoms with Crippen LogP contribution in [0.1, 0.15) is 32.0 Å². The summed E-state index contributed by atoms with van der Waals surface area (Å²) < 4.78 is 5.38. The molecule has 0 radical (unpaired) electrons. The molecule has 3 aromatic heterocycles. The van der Waals surface area contributed by atoms with E-state index in [1.165, 1.54) is 16.9 Å². The van der Waals surface area contributed by atoms with Gasteiger partial charge in [0.05, 0.1) is 18.1 Å². The highest BCUT2D eigenvalue weighted by Gasteiger charge is 2.22. The molecule has 2 amide bonds. The van der Waals surface area contributed by atoms with E-state index < -0.39 is 0 Å². The SMILES string of the molecule is O=C(c1cccc(-c2cnc3[nH]cc(C4=CCN(C(=O)c5cccs5)CC4)c3c2)c1)N1CCOCC1. The average Bonchev–Trinajstić information content (AvgIpc) is 3.63. The molecule has 0 saturated carbocycles. The Hall–Kier alpha value is -3.75. The van der Waals surface area contributed by atoms with Gasteiger partial charge in [-0.3, -0.25) is 9.59 Å². The fraction of sp³-hybridized carbons (Fsp3) is 0.250. The molecule has 0 bridgehead atoms. The van der Waals surface area contributed by atoms with E-state index in [0.29, 0.717) is 45.0 Å². The van der Waals surface area contributed by atoms with Gasteiger partial charge in [0.15, 0.2) is 0 Å². The Morgan fingerprint density at radius 2 is 1.86 bits per heavy atom. The zero-order valence-electron chi connectivity index (χ0n) is 19.8. The van der Waals surface area contributed by atoms with Crippen molar-refractivity contribution in [2.24, 2.45) is 0 Å². The number of ether oxygens (including phenoxy) is 1. The van der Waals surface area contributed by atoms with E-state index in [1.54, 1.807) is 0 Å². The topological polar surface area (TPSA) is 78.5 Å². The van der Waals surface area contributed by atoms with Gasteiger partial charge in [-0.25, -0.2) is 4.98 Å². The minimum Gasteiger partial charge on any atom is -0.378 e. The summed E-state index contributed by atoms with van der Waals surface area (Å²) >= 11 is 1.48. The molecular weight excluding hydrogens is 472 g/mol. The first-order valence-electron chi connectivity index (χ1n) is 12.1. The molecular formula is C28H26N4O3S. The molecule has 1 aromatic carbocycles. The number of carbonyl (C=O) groups is 2. The van der Waals surface area contributed by atoms with Gasteiger partial charge < -0.3 is 19.5 Å².